The van der Waals surface area contributed by atoms with E-state index in [1.807, 2.05) is 11.9 Å². The fourth-order valence-electron chi connectivity index (χ4n) is 3.89. The van der Waals surface area contributed by atoms with Crippen molar-refractivity contribution in [1.29, 1.82) is 0 Å². The van der Waals surface area contributed by atoms with E-state index in [9.17, 15) is 9.90 Å². The van der Waals surface area contributed by atoms with Crippen LogP contribution in [0.5, 0.6) is 5.75 Å². The van der Waals surface area contributed by atoms with Gasteiger partial charge in [0.1, 0.15) is 5.75 Å². The average molecular weight is 259 g/mol. The third-order valence-corrected chi connectivity index (χ3v) is 4.83. The fourth-order valence-corrected chi connectivity index (χ4v) is 3.89. The molecule has 3 heteroatoms. The Morgan fingerprint density at radius 3 is 2.84 bits per heavy atom. The number of aromatic hydroxyl groups is 1. The molecule has 0 aliphatic heterocycles. The van der Waals surface area contributed by atoms with E-state index in [0.717, 1.165) is 18.4 Å². The van der Waals surface area contributed by atoms with Crippen LogP contribution in [0.3, 0.4) is 0 Å². The molecule has 0 radical (unpaired) electrons. The lowest BCUT2D eigenvalue weighted by Gasteiger charge is -2.27. The predicted octanol–water partition coefficient (Wildman–Crippen LogP) is 2.90. The van der Waals surface area contributed by atoms with E-state index < -0.39 is 0 Å². The highest BCUT2D eigenvalue weighted by Crippen LogP contribution is 2.48. The zero-order valence-corrected chi connectivity index (χ0v) is 11.4. The van der Waals surface area contributed by atoms with Crippen molar-refractivity contribution in [3.63, 3.8) is 0 Å². The van der Waals surface area contributed by atoms with E-state index in [0.29, 0.717) is 11.5 Å². The second kappa shape index (κ2) is 4.87. The first kappa shape index (κ1) is 12.5. The monoisotopic (exact) mass is 259 g/mol. The zero-order chi connectivity index (χ0) is 13.4. The van der Waals surface area contributed by atoms with Gasteiger partial charge in [0.15, 0.2) is 0 Å². The number of phenolic OH excluding ortho intramolecular Hbond substituents is 1. The molecule has 1 aromatic rings. The van der Waals surface area contributed by atoms with Crippen LogP contribution in [0, 0.1) is 17.8 Å². The van der Waals surface area contributed by atoms with E-state index in [2.05, 4.69) is 0 Å². The lowest BCUT2D eigenvalue weighted by atomic mass is 9.88. The Morgan fingerprint density at radius 1 is 1.37 bits per heavy atom. The van der Waals surface area contributed by atoms with Gasteiger partial charge < -0.3 is 10.0 Å². The van der Waals surface area contributed by atoms with Gasteiger partial charge in [-0.05, 0) is 55.2 Å². The summed E-state index contributed by atoms with van der Waals surface area (Å²) in [6.07, 6.45) is 5.41. The summed E-state index contributed by atoms with van der Waals surface area (Å²) in [4.78, 5) is 14.1. The molecule has 0 spiro atoms. The standard InChI is InChI=1S/C16H21NO2/c1-17(10-14-8-11-5-6-12(14)7-11)16(19)13-3-2-4-15(18)9-13/h2-4,9,11-12,14,18H,5-8,10H2,1H3. The largest absolute Gasteiger partial charge is 0.508 e. The first-order valence-corrected chi connectivity index (χ1v) is 7.18. The normalized spacial score (nSPS) is 28.6. The van der Waals surface area contributed by atoms with Crippen LogP contribution in [0.4, 0.5) is 0 Å². The van der Waals surface area contributed by atoms with Gasteiger partial charge in [-0.15, -0.1) is 0 Å². The third-order valence-electron chi connectivity index (χ3n) is 4.83. The van der Waals surface area contributed by atoms with Crippen LogP contribution in [0.1, 0.15) is 36.0 Å². The van der Waals surface area contributed by atoms with Gasteiger partial charge in [-0.25, -0.2) is 0 Å². The Balaban J connectivity index is 1.64. The van der Waals surface area contributed by atoms with Gasteiger partial charge in [-0.1, -0.05) is 12.5 Å². The van der Waals surface area contributed by atoms with E-state index in [4.69, 9.17) is 0 Å². The molecule has 2 saturated carbocycles. The Labute approximate surface area is 114 Å². The molecular weight excluding hydrogens is 238 g/mol. The summed E-state index contributed by atoms with van der Waals surface area (Å²) in [5.74, 6) is 2.60. The molecule has 3 nitrogen and oxygen atoms in total. The maximum absolute atomic E-state index is 12.3. The zero-order valence-electron chi connectivity index (χ0n) is 11.4. The summed E-state index contributed by atoms with van der Waals surface area (Å²) in [5.41, 5.74) is 0.575. The van der Waals surface area contributed by atoms with Crippen molar-refractivity contribution in [2.24, 2.45) is 17.8 Å². The Morgan fingerprint density at radius 2 is 2.21 bits per heavy atom. The van der Waals surface area contributed by atoms with E-state index in [-0.39, 0.29) is 11.7 Å². The third kappa shape index (κ3) is 2.46. The predicted molar refractivity (Wildman–Crippen MR) is 74.0 cm³/mol. The van der Waals surface area contributed by atoms with Crippen molar-refractivity contribution in [1.82, 2.24) is 4.90 Å². The van der Waals surface area contributed by atoms with Gasteiger partial charge in [-0.2, -0.15) is 0 Å². The van der Waals surface area contributed by atoms with Gasteiger partial charge in [0.2, 0.25) is 0 Å². The molecule has 2 aliphatic carbocycles. The van der Waals surface area contributed by atoms with Crippen molar-refractivity contribution in [3.8, 4) is 5.75 Å². The lowest BCUT2D eigenvalue weighted by molar-refractivity contribution is 0.0754. The molecule has 0 aromatic heterocycles. The molecule has 0 heterocycles. The van der Waals surface area contributed by atoms with E-state index in [1.54, 1.807) is 24.3 Å². The minimum Gasteiger partial charge on any atom is -0.508 e. The number of hydrogen-bond acceptors (Lipinski definition) is 2. The Bertz CT molecular complexity index is 485. The number of carbonyl (C=O) groups is 1. The number of benzene rings is 1. The maximum Gasteiger partial charge on any atom is 0.253 e. The first-order chi connectivity index (χ1) is 9.13. The van der Waals surface area contributed by atoms with Gasteiger partial charge in [-0.3, -0.25) is 4.79 Å². The van der Waals surface area contributed by atoms with E-state index in [1.165, 1.54) is 25.7 Å². The average Bonchev–Trinajstić information content (AvgIpc) is 3.00. The number of hydrogen-bond donors (Lipinski definition) is 1. The van der Waals surface area contributed by atoms with Crippen LogP contribution >= 0.6 is 0 Å². The van der Waals surface area contributed by atoms with Crippen LogP contribution in [0.15, 0.2) is 24.3 Å². The summed E-state index contributed by atoms with van der Waals surface area (Å²) in [5, 5.41) is 9.44. The smallest absolute Gasteiger partial charge is 0.253 e. The number of nitrogens with zero attached hydrogens (tertiary/aromatic N) is 1. The van der Waals surface area contributed by atoms with Crippen molar-refractivity contribution >= 4 is 5.91 Å². The summed E-state index contributed by atoms with van der Waals surface area (Å²) in [6, 6.07) is 6.61. The topological polar surface area (TPSA) is 40.5 Å². The molecule has 102 valence electrons. The molecule has 1 N–H and O–H groups in total. The van der Waals surface area contributed by atoms with Crippen LogP contribution < -0.4 is 0 Å². The van der Waals surface area contributed by atoms with Crippen LogP contribution in [-0.2, 0) is 0 Å². The van der Waals surface area contributed by atoms with Crippen LogP contribution in [0.2, 0.25) is 0 Å². The van der Waals surface area contributed by atoms with Crippen molar-refractivity contribution in [2.45, 2.75) is 25.7 Å². The highest BCUT2D eigenvalue weighted by Gasteiger charge is 2.40. The Kier molecular flexibility index (Phi) is 3.21. The minimum atomic E-state index is 0.0127. The molecule has 0 saturated heterocycles. The van der Waals surface area contributed by atoms with Gasteiger partial charge in [0.25, 0.3) is 5.91 Å². The highest BCUT2D eigenvalue weighted by molar-refractivity contribution is 5.94. The fraction of sp³-hybridized carbons (Fsp3) is 0.562. The van der Waals surface area contributed by atoms with Crippen molar-refractivity contribution in [3.05, 3.63) is 29.8 Å². The van der Waals surface area contributed by atoms with Crippen molar-refractivity contribution in [2.75, 3.05) is 13.6 Å². The molecule has 1 aromatic carbocycles. The Hall–Kier alpha value is -1.51. The molecule has 3 rings (SSSR count). The molecule has 2 fully saturated rings. The second-order valence-corrected chi connectivity index (χ2v) is 6.17. The maximum atomic E-state index is 12.3. The van der Waals surface area contributed by atoms with Crippen LogP contribution in [0.25, 0.3) is 0 Å². The summed E-state index contributed by atoms with van der Waals surface area (Å²) < 4.78 is 0. The first-order valence-electron chi connectivity index (χ1n) is 7.18. The van der Waals surface area contributed by atoms with Gasteiger partial charge in [0, 0.05) is 19.2 Å². The number of rotatable bonds is 3. The van der Waals surface area contributed by atoms with Crippen molar-refractivity contribution < 1.29 is 9.90 Å². The minimum absolute atomic E-state index is 0.0127. The molecule has 2 aliphatic rings. The molecular formula is C16H21NO2. The molecule has 19 heavy (non-hydrogen) atoms. The lowest BCUT2D eigenvalue weighted by Crippen LogP contribution is -2.33. The van der Waals surface area contributed by atoms with Crippen LogP contribution in [-0.4, -0.2) is 29.5 Å². The quantitative estimate of drug-likeness (QED) is 0.906. The van der Waals surface area contributed by atoms with Gasteiger partial charge >= 0.3 is 0 Å². The summed E-state index contributed by atoms with van der Waals surface area (Å²) >= 11 is 0. The molecule has 2 bridgehead atoms. The number of amides is 1. The second-order valence-electron chi connectivity index (χ2n) is 6.17. The highest BCUT2D eigenvalue weighted by atomic mass is 16.3. The number of carbonyl (C=O) groups excluding carboxylic acids is 1. The van der Waals surface area contributed by atoms with Gasteiger partial charge in [0.05, 0.1) is 0 Å². The summed E-state index contributed by atoms with van der Waals surface area (Å²) in [6.45, 7) is 0.857. The molecule has 3 atom stereocenters. The number of fused-ring (bicyclic) bond motifs is 2. The number of phenols is 1. The SMILES string of the molecule is CN(CC1CC2CCC1C2)C(=O)c1cccc(O)c1. The molecule has 3 unspecified atom stereocenters. The summed E-state index contributed by atoms with van der Waals surface area (Å²) in [7, 11) is 1.87. The molecule has 1 amide bonds. The van der Waals surface area contributed by atoms with E-state index >= 15 is 0 Å².